The number of halogens is 1. The molecule has 1 heterocycles. The van der Waals surface area contributed by atoms with Gasteiger partial charge in [-0.2, -0.15) is 8.75 Å². The highest BCUT2D eigenvalue weighted by Crippen LogP contribution is 2.22. The second kappa shape index (κ2) is 5.88. The zero-order valence-electron chi connectivity index (χ0n) is 10.2. The average molecular weight is 267 g/mol. The number of nitrogens with zero attached hydrogens (tertiary/aromatic N) is 2. The summed E-state index contributed by atoms with van der Waals surface area (Å²) in [5, 5.41) is 3.15. The van der Waals surface area contributed by atoms with Crippen LogP contribution in [0.5, 0.6) is 5.75 Å². The highest BCUT2D eigenvalue weighted by atomic mass is 32.1. The Morgan fingerprint density at radius 1 is 1.50 bits per heavy atom. The van der Waals surface area contributed by atoms with Gasteiger partial charge >= 0.3 is 0 Å². The van der Waals surface area contributed by atoms with Gasteiger partial charge < -0.3 is 10.1 Å². The summed E-state index contributed by atoms with van der Waals surface area (Å²) in [7, 11) is 3.30. The maximum Gasteiger partial charge on any atom is 0.165 e. The van der Waals surface area contributed by atoms with E-state index >= 15 is 0 Å². The van der Waals surface area contributed by atoms with Gasteiger partial charge in [0.2, 0.25) is 0 Å². The first-order valence-electron chi connectivity index (χ1n) is 5.51. The van der Waals surface area contributed by atoms with E-state index in [-0.39, 0.29) is 17.6 Å². The van der Waals surface area contributed by atoms with Gasteiger partial charge in [-0.1, -0.05) is 6.07 Å². The second-order valence-electron chi connectivity index (χ2n) is 3.85. The number of hydrogen-bond donors (Lipinski definition) is 1. The molecular formula is C12H14FN3OS. The predicted molar refractivity (Wildman–Crippen MR) is 68.4 cm³/mol. The molecular weight excluding hydrogens is 253 g/mol. The quantitative estimate of drug-likeness (QED) is 0.902. The summed E-state index contributed by atoms with van der Waals surface area (Å²) in [6, 6.07) is 5.02. The van der Waals surface area contributed by atoms with Crippen molar-refractivity contribution in [2.24, 2.45) is 0 Å². The Kier molecular flexibility index (Phi) is 4.22. The lowest BCUT2D eigenvalue weighted by Crippen LogP contribution is -2.19. The van der Waals surface area contributed by atoms with Gasteiger partial charge in [-0.05, 0) is 31.2 Å². The molecule has 6 heteroatoms. The van der Waals surface area contributed by atoms with Gasteiger partial charge in [-0.15, -0.1) is 0 Å². The van der Waals surface area contributed by atoms with E-state index in [4.69, 9.17) is 4.74 Å². The number of rotatable bonds is 5. The molecule has 0 aliphatic carbocycles. The van der Waals surface area contributed by atoms with Gasteiger partial charge in [0.15, 0.2) is 11.6 Å². The second-order valence-corrected chi connectivity index (χ2v) is 4.40. The minimum absolute atomic E-state index is 0.0385. The zero-order chi connectivity index (χ0) is 13.0. The summed E-state index contributed by atoms with van der Waals surface area (Å²) in [6.45, 7) is 0. The van der Waals surface area contributed by atoms with E-state index in [0.29, 0.717) is 6.42 Å². The van der Waals surface area contributed by atoms with Crippen LogP contribution in [0.4, 0.5) is 4.39 Å². The van der Waals surface area contributed by atoms with Crippen LogP contribution in [-0.2, 0) is 6.42 Å². The van der Waals surface area contributed by atoms with E-state index in [9.17, 15) is 4.39 Å². The molecule has 96 valence electrons. The van der Waals surface area contributed by atoms with Crippen LogP contribution in [0.1, 0.15) is 17.3 Å². The molecule has 0 radical (unpaired) electrons. The van der Waals surface area contributed by atoms with Crippen molar-refractivity contribution in [2.45, 2.75) is 12.5 Å². The van der Waals surface area contributed by atoms with E-state index in [2.05, 4.69) is 14.1 Å². The van der Waals surface area contributed by atoms with Crippen molar-refractivity contribution < 1.29 is 9.13 Å². The van der Waals surface area contributed by atoms with Crippen molar-refractivity contribution in [3.8, 4) is 5.75 Å². The van der Waals surface area contributed by atoms with Crippen molar-refractivity contribution in [1.82, 2.24) is 14.1 Å². The number of methoxy groups -OCH3 is 1. The topological polar surface area (TPSA) is 47.0 Å². The van der Waals surface area contributed by atoms with Gasteiger partial charge in [0, 0.05) is 0 Å². The first-order valence-corrected chi connectivity index (χ1v) is 6.24. The van der Waals surface area contributed by atoms with Crippen LogP contribution in [0.15, 0.2) is 24.4 Å². The van der Waals surface area contributed by atoms with Gasteiger partial charge in [0.25, 0.3) is 0 Å². The molecule has 1 N–H and O–H groups in total. The SMILES string of the molecule is CNC(Cc1ccc(OC)c(F)c1)c1cnsn1. The fourth-order valence-electron chi connectivity index (χ4n) is 1.75. The number of nitrogens with one attached hydrogen (secondary N) is 1. The maximum absolute atomic E-state index is 13.6. The van der Waals surface area contributed by atoms with E-state index in [0.717, 1.165) is 11.3 Å². The molecule has 0 spiro atoms. The van der Waals surface area contributed by atoms with Gasteiger partial charge in [0.1, 0.15) is 0 Å². The molecule has 1 aromatic heterocycles. The molecule has 1 unspecified atom stereocenters. The molecule has 4 nitrogen and oxygen atoms in total. The van der Waals surface area contributed by atoms with Crippen LogP contribution in [0.3, 0.4) is 0 Å². The Bertz CT molecular complexity index is 504. The standard InChI is InChI=1S/C12H14FN3OS/c1-14-10(11-7-15-18-16-11)6-8-3-4-12(17-2)9(13)5-8/h3-5,7,10,14H,6H2,1-2H3. The first kappa shape index (κ1) is 12.9. The normalized spacial score (nSPS) is 12.4. The zero-order valence-corrected chi connectivity index (χ0v) is 11.0. The Morgan fingerprint density at radius 3 is 2.89 bits per heavy atom. The minimum atomic E-state index is -0.346. The predicted octanol–water partition coefficient (Wildman–Crippen LogP) is 2.19. The van der Waals surface area contributed by atoms with E-state index in [1.54, 1.807) is 12.3 Å². The summed E-state index contributed by atoms with van der Waals surface area (Å²) in [4.78, 5) is 0. The number of hydrogen-bond acceptors (Lipinski definition) is 5. The summed E-state index contributed by atoms with van der Waals surface area (Å²) in [5.41, 5.74) is 1.76. The number of aromatic nitrogens is 2. The summed E-state index contributed by atoms with van der Waals surface area (Å²) in [6.07, 6.45) is 2.38. The van der Waals surface area contributed by atoms with Crippen LogP contribution in [-0.4, -0.2) is 22.9 Å². The highest BCUT2D eigenvalue weighted by molar-refractivity contribution is 6.99. The van der Waals surface area contributed by atoms with Crippen molar-refractivity contribution in [2.75, 3.05) is 14.2 Å². The van der Waals surface area contributed by atoms with Crippen molar-refractivity contribution in [1.29, 1.82) is 0 Å². The third kappa shape index (κ3) is 2.83. The summed E-state index contributed by atoms with van der Waals surface area (Å²) >= 11 is 1.17. The molecule has 0 saturated carbocycles. The van der Waals surface area contributed by atoms with Crippen LogP contribution < -0.4 is 10.1 Å². The molecule has 0 aliphatic heterocycles. The van der Waals surface area contributed by atoms with Crippen LogP contribution in [0.2, 0.25) is 0 Å². The number of benzene rings is 1. The van der Waals surface area contributed by atoms with Gasteiger partial charge in [-0.25, -0.2) is 4.39 Å². The largest absolute Gasteiger partial charge is 0.494 e. The van der Waals surface area contributed by atoms with Crippen LogP contribution in [0, 0.1) is 5.82 Å². The molecule has 1 aromatic carbocycles. The monoisotopic (exact) mass is 267 g/mol. The van der Waals surface area contributed by atoms with E-state index in [1.165, 1.54) is 24.9 Å². The minimum Gasteiger partial charge on any atom is -0.494 e. The molecule has 0 amide bonds. The van der Waals surface area contributed by atoms with E-state index < -0.39 is 0 Å². The third-order valence-electron chi connectivity index (χ3n) is 2.74. The van der Waals surface area contributed by atoms with Crippen LogP contribution >= 0.6 is 11.7 Å². The molecule has 2 aromatic rings. The lowest BCUT2D eigenvalue weighted by Gasteiger charge is -2.13. The van der Waals surface area contributed by atoms with E-state index in [1.807, 2.05) is 13.1 Å². The summed E-state index contributed by atoms with van der Waals surface area (Å²) in [5.74, 6) is -0.0867. The average Bonchev–Trinajstić information content (AvgIpc) is 2.90. The highest BCUT2D eigenvalue weighted by Gasteiger charge is 2.14. The van der Waals surface area contributed by atoms with Crippen molar-refractivity contribution >= 4 is 11.7 Å². The molecule has 0 saturated heterocycles. The van der Waals surface area contributed by atoms with Crippen molar-refractivity contribution in [3.63, 3.8) is 0 Å². The molecule has 18 heavy (non-hydrogen) atoms. The molecule has 0 aliphatic rings. The van der Waals surface area contributed by atoms with Crippen molar-refractivity contribution in [3.05, 3.63) is 41.5 Å². The van der Waals surface area contributed by atoms with Gasteiger partial charge in [0.05, 0.1) is 36.8 Å². The molecule has 2 rings (SSSR count). The van der Waals surface area contributed by atoms with Gasteiger partial charge in [-0.3, -0.25) is 0 Å². The number of likely N-dealkylation sites (N-methyl/N-ethyl adjacent to an activating group) is 1. The Labute approximate surface area is 109 Å². The fourth-order valence-corrected chi connectivity index (χ4v) is 2.22. The molecule has 0 fully saturated rings. The third-order valence-corrected chi connectivity index (χ3v) is 3.23. The lowest BCUT2D eigenvalue weighted by molar-refractivity contribution is 0.386. The molecule has 0 bridgehead atoms. The van der Waals surface area contributed by atoms with Crippen LogP contribution in [0.25, 0.3) is 0 Å². The number of ether oxygens (including phenoxy) is 1. The lowest BCUT2D eigenvalue weighted by atomic mass is 10.0. The maximum atomic E-state index is 13.6. The molecule has 1 atom stereocenters. The Morgan fingerprint density at radius 2 is 2.33 bits per heavy atom. The fraction of sp³-hybridized carbons (Fsp3) is 0.333. The summed E-state index contributed by atoms with van der Waals surface area (Å²) < 4.78 is 26.6. The smallest absolute Gasteiger partial charge is 0.165 e. The first-order chi connectivity index (χ1) is 8.74. The Hall–Kier alpha value is -1.53. The Balaban J connectivity index is 2.15.